The van der Waals surface area contributed by atoms with Crippen molar-refractivity contribution in [1.82, 2.24) is 9.78 Å². The van der Waals surface area contributed by atoms with E-state index in [4.69, 9.17) is 4.74 Å². The lowest BCUT2D eigenvalue weighted by molar-refractivity contribution is -0.148. The predicted octanol–water partition coefficient (Wildman–Crippen LogP) is 2.56. The van der Waals surface area contributed by atoms with Gasteiger partial charge in [-0.3, -0.25) is 4.79 Å². The minimum atomic E-state index is -0.496. The van der Waals surface area contributed by atoms with E-state index in [1.165, 1.54) is 6.92 Å². The van der Waals surface area contributed by atoms with Gasteiger partial charge in [-0.05, 0) is 12.5 Å². The van der Waals surface area contributed by atoms with Crippen LogP contribution in [-0.2, 0) is 16.0 Å². The average Bonchev–Trinajstić information content (AvgIpc) is 2.85. The van der Waals surface area contributed by atoms with Crippen LogP contribution in [0, 0.1) is 0 Å². The summed E-state index contributed by atoms with van der Waals surface area (Å²) in [6.07, 6.45) is 2.19. The van der Waals surface area contributed by atoms with Crippen molar-refractivity contribution in [3.05, 3.63) is 53.9 Å². The highest BCUT2D eigenvalue weighted by molar-refractivity contribution is 5.66. The summed E-state index contributed by atoms with van der Waals surface area (Å²) in [5.41, 5.74) is 1.88. The first-order valence-electron chi connectivity index (χ1n) is 5.97. The van der Waals surface area contributed by atoms with Gasteiger partial charge in [0.25, 0.3) is 0 Å². The van der Waals surface area contributed by atoms with E-state index in [0.29, 0.717) is 0 Å². The van der Waals surface area contributed by atoms with E-state index in [9.17, 15) is 4.79 Å². The molecule has 4 nitrogen and oxygen atoms in total. The maximum atomic E-state index is 11.2. The third kappa shape index (κ3) is 2.77. The van der Waals surface area contributed by atoms with E-state index < -0.39 is 6.23 Å². The molecule has 2 aromatic rings. The van der Waals surface area contributed by atoms with E-state index in [-0.39, 0.29) is 5.97 Å². The standard InChI is InChI=1S/C14H16N2O2/c1-3-13-9-10-16(15-13)14(18-11(2)17)12-7-5-4-6-8-12/h4-10,14H,3H2,1-2H3. The number of nitrogens with zero attached hydrogens (tertiary/aromatic N) is 2. The number of ether oxygens (including phenoxy) is 1. The first kappa shape index (κ1) is 12.4. The molecule has 0 bridgehead atoms. The summed E-state index contributed by atoms with van der Waals surface area (Å²) < 4.78 is 7.02. The van der Waals surface area contributed by atoms with E-state index in [1.807, 2.05) is 49.5 Å². The Labute approximate surface area is 106 Å². The van der Waals surface area contributed by atoms with Gasteiger partial charge in [-0.2, -0.15) is 5.10 Å². The van der Waals surface area contributed by atoms with Gasteiger partial charge in [0, 0.05) is 18.7 Å². The summed E-state index contributed by atoms with van der Waals surface area (Å²) in [7, 11) is 0. The maximum absolute atomic E-state index is 11.2. The predicted molar refractivity (Wildman–Crippen MR) is 68.0 cm³/mol. The largest absolute Gasteiger partial charge is 0.435 e. The van der Waals surface area contributed by atoms with Crippen LogP contribution in [-0.4, -0.2) is 15.7 Å². The van der Waals surface area contributed by atoms with Crippen LogP contribution >= 0.6 is 0 Å². The average molecular weight is 244 g/mol. The molecule has 0 aliphatic rings. The molecule has 2 rings (SSSR count). The second-order valence-corrected chi connectivity index (χ2v) is 4.01. The molecule has 1 unspecified atom stereocenters. The van der Waals surface area contributed by atoms with Crippen molar-refractivity contribution < 1.29 is 9.53 Å². The van der Waals surface area contributed by atoms with Gasteiger partial charge in [0.1, 0.15) is 0 Å². The molecule has 1 aromatic heterocycles. The second-order valence-electron chi connectivity index (χ2n) is 4.01. The Morgan fingerprint density at radius 3 is 2.61 bits per heavy atom. The van der Waals surface area contributed by atoms with Gasteiger partial charge in [-0.25, -0.2) is 4.68 Å². The van der Waals surface area contributed by atoms with E-state index in [0.717, 1.165) is 17.7 Å². The van der Waals surface area contributed by atoms with Crippen LogP contribution in [0.3, 0.4) is 0 Å². The van der Waals surface area contributed by atoms with Gasteiger partial charge in [0.2, 0.25) is 6.23 Å². The number of aromatic nitrogens is 2. The maximum Gasteiger partial charge on any atom is 0.304 e. The molecule has 0 amide bonds. The molecule has 18 heavy (non-hydrogen) atoms. The molecule has 0 saturated carbocycles. The molecule has 4 heteroatoms. The lowest BCUT2D eigenvalue weighted by atomic mass is 10.2. The normalized spacial score (nSPS) is 12.1. The van der Waals surface area contributed by atoms with Crippen molar-refractivity contribution in [3.63, 3.8) is 0 Å². The number of rotatable bonds is 4. The summed E-state index contributed by atoms with van der Waals surface area (Å²) in [6, 6.07) is 11.5. The summed E-state index contributed by atoms with van der Waals surface area (Å²) >= 11 is 0. The molecule has 1 atom stereocenters. The highest BCUT2D eigenvalue weighted by Gasteiger charge is 2.17. The molecule has 0 radical (unpaired) electrons. The third-order valence-corrected chi connectivity index (χ3v) is 2.63. The van der Waals surface area contributed by atoms with Gasteiger partial charge in [0.15, 0.2) is 0 Å². The highest BCUT2D eigenvalue weighted by atomic mass is 16.6. The molecule has 94 valence electrons. The quantitative estimate of drug-likeness (QED) is 0.776. The van der Waals surface area contributed by atoms with Gasteiger partial charge in [0.05, 0.1) is 5.69 Å². The van der Waals surface area contributed by atoms with Gasteiger partial charge in [-0.1, -0.05) is 37.3 Å². The van der Waals surface area contributed by atoms with Crippen LogP contribution in [0.5, 0.6) is 0 Å². The number of aryl methyl sites for hydroxylation is 1. The summed E-state index contributed by atoms with van der Waals surface area (Å²) in [4.78, 5) is 11.2. The van der Waals surface area contributed by atoms with E-state index in [1.54, 1.807) is 4.68 Å². The first-order chi connectivity index (χ1) is 8.70. The fraction of sp³-hybridized carbons (Fsp3) is 0.286. The fourth-order valence-electron chi connectivity index (χ4n) is 1.75. The summed E-state index contributed by atoms with van der Waals surface area (Å²) in [5, 5.41) is 4.40. The van der Waals surface area contributed by atoms with Crippen LogP contribution in [0.15, 0.2) is 42.6 Å². The second kappa shape index (κ2) is 5.49. The number of carbonyl (C=O) groups excluding carboxylic acids is 1. The number of hydrogen-bond donors (Lipinski definition) is 0. The lowest BCUT2D eigenvalue weighted by Crippen LogP contribution is -2.17. The molecule has 0 saturated heterocycles. The van der Waals surface area contributed by atoms with Crippen LogP contribution in [0.4, 0.5) is 0 Å². The van der Waals surface area contributed by atoms with Crippen molar-refractivity contribution in [2.45, 2.75) is 26.5 Å². The summed E-state index contributed by atoms with van der Waals surface area (Å²) in [6.45, 7) is 3.44. The molecule has 1 aromatic carbocycles. The van der Waals surface area contributed by atoms with Crippen molar-refractivity contribution >= 4 is 5.97 Å². The van der Waals surface area contributed by atoms with E-state index in [2.05, 4.69) is 5.10 Å². The molecule has 1 heterocycles. The van der Waals surface area contributed by atoms with Crippen molar-refractivity contribution in [2.24, 2.45) is 0 Å². The Morgan fingerprint density at radius 1 is 1.33 bits per heavy atom. The molecular formula is C14H16N2O2. The van der Waals surface area contributed by atoms with Crippen LogP contribution in [0.1, 0.15) is 31.3 Å². The van der Waals surface area contributed by atoms with E-state index >= 15 is 0 Å². The highest BCUT2D eigenvalue weighted by Crippen LogP contribution is 2.19. The van der Waals surface area contributed by atoms with Crippen molar-refractivity contribution in [2.75, 3.05) is 0 Å². The van der Waals surface area contributed by atoms with Crippen molar-refractivity contribution in [3.8, 4) is 0 Å². The zero-order valence-corrected chi connectivity index (χ0v) is 10.5. The topological polar surface area (TPSA) is 44.1 Å². The Hall–Kier alpha value is -2.10. The molecule has 0 aliphatic carbocycles. The van der Waals surface area contributed by atoms with Gasteiger partial charge < -0.3 is 4.74 Å². The Balaban J connectivity index is 2.33. The zero-order valence-electron chi connectivity index (χ0n) is 10.5. The van der Waals surface area contributed by atoms with Crippen LogP contribution in [0.25, 0.3) is 0 Å². The molecule has 0 spiro atoms. The van der Waals surface area contributed by atoms with Crippen LogP contribution < -0.4 is 0 Å². The smallest absolute Gasteiger partial charge is 0.304 e. The van der Waals surface area contributed by atoms with Crippen LogP contribution in [0.2, 0.25) is 0 Å². The Kier molecular flexibility index (Phi) is 3.77. The lowest BCUT2D eigenvalue weighted by Gasteiger charge is -2.17. The minimum absolute atomic E-state index is 0.322. The fourth-order valence-corrected chi connectivity index (χ4v) is 1.75. The molecule has 0 fully saturated rings. The number of benzene rings is 1. The number of hydrogen-bond acceptors (Lipinski definition) is 3. The number of carbonyl (C=O) groups is 1. The first-order valence-corrected chi connectivity index (χ1v) is 5.97. The Morgan fingerprint density at radius 2 is 2.06 bits per heavy atom. The molecule has 0 aliphatic heterocycles. The Bertz CT molecular complexity index is 520. The van der Waals surface area contributed by atoms with Gasteiger partial charge >= 0.3 is 5.97 Å². The third-order valence-electron chi connectivity index (χ3n) is 2.63. The van der Waals surface area contributed by atoms with Gasteiger partial charge in [-0.15, -0.1) is 0 Å². The summed E-state index contributed by atoms with van der Waals surface area (Å²) in [5.74, 6) is -0.322. The zero-order chi connectivity index (χ0) is 13.0. The van der Waals surface area contributed by atoms with Crippen molar-refractivity contribution in [1.29, 1.82) is 0 Å². The molecule has 0 N–H and O–H groups in total. The molecular weight excluding hydrogens is 228 g/mol. The number of esters is 1. The monoisotopic (exact) mass is 244 g/mol. The SMILES string of the molecule is CCc1ccn(C(OC(C)=O)c2ccccc2)n1. The minimum Gasteiger partial charge on any atom is -0.435 e.